The van der Waals surface area contributed by atoms with Crippen LogP contribution in [0.5, 0.6) is 0 Å². The monoisotopic (exact) mass is 356 g/mol. The Labute approximate surface area is 97.9 Å². The molecular formula is H5ClO12P4. The van der Waals surface area contributed by atoms with E-state index in [2.05, 4.69) is 24.2 Å². The summed E-state index contributed by atoms with van der Waals surface area (Å²) >= 11 is 4.49. The van der Waals surface area contributed by atoms with E-state index >= 15 is 0 Å². The second-order valence-electron chi connectivity index (χ2n) is 2.12. The van der Waals surface area contributed by atoms with Gasteiger partial charge in [-0.3, -0.25) is 0 Å². The van der Waals surface area contributed by atoms with Gasteiger partial charge in [0.15, 0.2) is 0 Å². The van der Waals surface area contributed by atoms with Crippen LogP contribution in [0.1, 0.15) is 0 Å². The quantitative estimate of drug-likeness (QED) is 0.417. The van der Waals surface area contributed by atoms with Gasteiger partial charge < -0.3 is 24.5 Å². The molecule has 0 radical (unpaired) electrons. The Bertz CT molecular complexity index is 407. The van der Waals surface area contributed by atoms with Gasteiger partial charge in [0.1, 0.15) is 0 Å². The summed E-state index contributed by atoms with van der Waals surface area (Å²) in [5, 5.41) is 0. The van der Waals surface area contributed by atoms with E-state index in [0.717, 1.165) is 0 Å². The van der Waals surface area contributed by atoms with E-state index in [9.17, 15) is 18.3 Å². The molecule has 12 nitrogen and oxygen atoms in total. The van der Waals surface area contributed by atoms with Crippen LogP contribution in [0.15, 0.2) is 0 Å². The van der Waals surface area contributed by atoms with Crippen LogP contribution in [-0.4, -0.2) is 24.5 Å². The third-order valence-corrected chi connectivity index (χ3v) is 6.13. The number of hydrogen-bond acceptors (Lipinski definition) is 7. The first kappa shape index (κ1) is 17.9. The molecule has 0 aliphatic carbocycles. The van der Waals surface area contributed by atoms with Gasteiger partial charge >= 0.3 is 30.4 Å². The lowest BCUT2D eigenvalue weighted by Gasteiger charge is -2.15. The predicted molar refractivity (Wildman–Crippen MR) is 50.6 cm³/mol. The molecule has 0 bridgehead atoms. The maximum absolute atomic E-state index is 10.8. The van der Waals surface area contributed by atoms with Crippen LogP contribution in [0.4, 0.5) is 0 Å². The minimum Gasteiger partial charge on any atom is -0.312 e. The molecule has 0 saturated carbocycles. The number of rotatable bonds is 6. The Balaban J connectivity index is 4.84. The van der Waals surface area contributed by atoms with Crippen molar-refractivity contribution in [3.05, 3.63) is 0 Å². The van der Waals surface area contributed by atoms with E-state index in [1.807, 2.05) is 0 Å². The molecule has 0 aliphatic rings. The van der Waals surface area contributed by atoms with Crippen molar-refractivity contribution in [2.24, 2.45) is 0 Å². The largest absolute Gasteiger partial charge is 0.490 e. The van der Waals surface area contributed by atoms with E-state index in [4.69, 9.17) is 24.5 Å². The standard InChI is InChI=1S/ClH5O12P4/c1-14(2,3)11-16(7,8)13-17(9,10)12-15(4,5)6/h(H,2,3)(H,7,8)(H,9,10)(H2,4,5,6). The number of phosphoric acid groups is 3. The maximum Gasteiger partial charge on any atom is 0.490 e. The van der Waals surface area contributed by atoms with Gasteiger partial charge in [0.25, 0.3) is 0 Å². The van der Waals surface area contributed by atoms with Gasteiger partial charge in [0, 0.05) is 11.2 Å². The Hall–Kier alpha value is 0.890. The zero-order chi connectivity index (χ0) is 14.1. The molecule has 0 aromatic heterocycles. The zero-order valence-electron chi connectivity index (χ0n) is 7.26. The van der Waals surface area contributed by atoms with Crippen molar-refractivity contribution in [3.8, 4) is 0 Å². The Kier molecular flexibility index (Phi) is 5.77. The van der Waals surface area contributed by atoms with E-state index < -0.39 is 30.4 Å². The van der Waals surface area contributed by atoms with Gasteiger partial charge in [-0.1, -0.05) is 0 Å². The lowest BCUT2D eigenvalue weighted by atomic mass is 15.7. The summed E-state index contributed by atoms with van der Waals surface area (Å²) in [5.74, 6) is 0. The molecule has 104 valence electrons. The smallest absolute Gasteiger partial charge is 0.312 e. The number of hydrogen-bond donors (Lipinski definition) is 5. The van der Waals surface area contributed by atoms with Gasteiger partial charge in [-0.25, -0.2) is 18.3 Å². The maximum atomic E-state index is 10.8. The van der Waals surface area contributed by atoms with Crippen molar-refractivity contribution in [2.45, 2.75) is 0 Å². The molecule has 0 aliphatic heterocycles. The summed E-state index contributed by atoms with van der Waals surface area (Å²) < 4.78 is 51.6. The molecule has 3 atom stereocenters. The van der Waals surface area contributed by atoms with Crippen LogP contribution in [0.3, 0.4) is 0 Å². The molecule has 3 unspecified atom stereocenters. The van der Waals surface area contributed by atoms with Crippen LogP contribution in [0.2, 0.25) is 0 Å². The molecule has 17 heteroatoms. The summed E-state index contributed by atoms with van der Waals surface area (Å²) in [4.78, 5) is 41.7. The van der Waals surface area contributed by atoms with Crippen molar-refractivity contribution in [1.29, 1.82) is 0 Å². The SMILES string of the molecule is O=P(O)(O)OP(=O)(O)OP(=O)(O)OP(=O)(O)Cl. The van der Waals surface area contributed by atoms with Crippen LogP contribution in [-0.2, 0) is 31.2 Å². The lowest BCUT2D eigenvalue weighted by Crippen LogP contribution is -1.94. The Morgan fingerprint density at radius 2 is 1.06 bits per heavy atom. The van der Waals surface area contributed by atoms with Crippen LogP contribution in [0.25, 0.3) is 0 Å². The van der Waals surface area contributed by atoms with Crippen molar-refractivity contribution >= 4 is 41.7 Å². The van der Waals surface area contributed by atoms with E-state index in [0.29, 0.717) is 0 Å². The summed E-state index contributed by atoms with van der Waals surface area (Å²) in [6, 6.07) is 0. The van der Waals surface area contributed by atoms with Gasteiger partial charge in [-0.05, 0) is 0 Å². The third kappa shape index (κ3) is 10.5. The van der Waals surface area contributed by atoms with E-state index in [1.165, 1.54) is 0 Å². The van der Waals surface area contributed by atoms with E-state index in [1.54, 1.807) is 0 Å². The molecule has 0 saturated heterocycles. The lowest BCUT2D eigenvalue weighted by molar-refractivity contribution is 0.205. The Morgan fingerprint density at radius 3 is 1.35 bits per heavy atom. The van der Waals surface area contributed by atoms with Crippen LogP contribution in [0, 0.1) is 0 Å². The molecule has 0 fully saturated rings. The van der Waals surface area contributed by atoms with Crippen molar-refractivity contribution in [2.75, 3.05) is 0 Å². The van der Waals surface area contributed by atoms with Gasteiger partial charge in [-0.15, -0.1) is 0 Å². The highest BCUT2D eigenvalue weighted by Gasteiger charge is 2.43. The summed E-state index contributed by atoms with van der Waals surface area (Å²) in [7, 11) is -16.9. The van der Waals surface area contributed by atoms with Gasteiger partial charge in [-0.2, -0.15) is 12.9 Å². The highest BCUT2D eigenvalue weighted by Crippen LogP contribution is 2.71. The fourth-order valence-electron chi connectivity index (χ4n) is 0.422. The highest BCUT2D eigenvalue weighted by atomic mass is 35.7. The summed E-state index contributed by atoms with van der Waals surface area (Å²) in [6.07, 6.45) is 0. The van der Waals surface area contributed by atoms with Crippen molar-refractivity contribution in [3.63, 3.8) is 0 Å². The second kappa shape index (κ2) is 5.48. The first-order chi connectivity index (χ1) is 7.12. The zero-order valence-corrected chi connectivity index (χ0v) is 11.6. The Morgan fingerprint density at radius 1 is 0.706 bits per heavy atom. The molecule has 0 amide bonds. The fourth-order valence-corrected chi connectivity index (χ4v) is 5.04. The predicted octanol–water partition coefficient (Wildman–Crippen LogP) is 0.669. The first-order valence-corrected chi connectivity index (χ1v) is 10.00. The molecule has 0 aromatic carbocycles. The number of halogens is 1. The minimum absolute atomic E-state index is 3.10. The average Bonchev–Trinajstić information content (AvgIpc) is 1.65. The normalized spacial score (nSPS) is 23.4. The molecule has 0 heterocycles. The minimum atomic E-state index is -5.71. The van der Waals surface area contributed by atoms with Crippen LogP contribution >= 0.6 is 41.7 Å². The topological polar surface area (TPSA) is 197 Å². The summed E-state index contributed by atoms with van der Waals surface area (Å²) in [5.41, 5.74) is 0. The third-order valence-electron chi connectivity index (χ3n) is 0.620. The van der Waals surface area contributed by atoms with Crippen molar-refractivity contribution in [1.82, 2.24) is 0 Å². The van der Waals surface area contributed by atoms with Gasteiger partial charge in [0.05, 0.1) is 0 Å². The van der Waals surface area contributed by atoms with E-state index in [-0.39, 0.29) is 0 Å². The van der Waals surface area contributed by atoms with Crippen molar-refractivity contribution < 1.29 is 55.7 Å². The average molecular weight is 356 g/mol. The van der Waals surface area contributed by atoms with Gasteiger partial charge in [0.2, 0.25) is 0 Å². The second-order valence-corrected chi connectivity index (χ2v) is 9.12. The molecule has 0 spiro atoms. The molecule has 0 rings (SSSR count). The molecule has 17 heavy (non-hydrogen) atoms. The fraction of sp³-hybridized carbons (Fsp3) is 0. The van der Waals surface area contributed by atoms with Crippen LogP contribution < -0.4 is 0 Å². The summed E-state index contributed by atoms with van der Waals surface area (Å²) in [6.45, 7) is -5.07. The highest BCUT2D eigenvalue weighted by molar-refractivity contribution is 7.85. The molecular weight excluding hydrogens is 351 g/mol. The molecule has 5 N–H and O–H groups in total. The first-order valence-electron chi connectivity index (χ1n) is 2.99. The molecule has 0 aromatic rings.